The van der Waals surface area contributed by atoms with Crippen molar-refractivity contribution in [3.8, 4) is 11.1 Å². The maximum Gasteiger partial charge on any atom is 0.175 e. The Bertz CT molecular complexity index is 582. The summed E-state index contributed by atoms with van der Waals surface area (Å²) < 4.78 is 5.40. The fourth-order valence-electron chi connectivity index (χ4n) is 2.27. The maximum atomic E-state index is 5.95. The highest BCUT2D eigenvalue weighted by molar-refractivity contribution is 5.76. The highest BCUT2D eigenvalue weighted by Crippen LogP contribution is 2.38. The average Bonchev–Trinajstić information content (AvgIpc) is 3.07. The van der Waals surface area contributed by atoms with Gasteiger partial charge in [0.25, 0.3) is 0 Å². The van der Waals surface area contributed by atoms with E-state index < -0.39 is 0 Å². The number of benzene rings is 1. The van der Waals surface area contributed by atoms with Crippen LogP contribution in [0.15, 0.2) is 22.7 Å². The van der Waals surface area contributed by atoms with Crippen LogP contribution < -0.4 is 5.73 Å². The Morgan fingerprint density at radius 3 is 2.72 bits per heavy atom. The Labute approximate surface area is 107 Å². The number of anilines is 1. The molecule has 94 valence electrons. The lowest BCUT2D eigenvalue weighted by molar-refractivity contribution is 0.381. The van der Waals surface area contributed by atoms with E-state index in [1.807, 2.05) is 0 Å². The van der Waals surface area contributed by atoms with E-state index in [9.17, 15) is 0 Å². The molecule has 3 nitrogen and oxygen atoms in total. The van der Waals surface area contributed by atoms with Crippen molar-refractivity contribution in [2.45, 2.75) is 33.1 Å². The molecule has 0 amide bonds. The summed E-state index contributed by atoms with van der Waals surface area (Å²) in [6, 6.07) is 6.38. The van der Waals surface area contributed by atoms with Gasteiger partial charge in [0.2, 0.25) is 0 Å². The van der Waals surface area contributed by atoms with Crippen molar-refractivity contribution in [3.63, 3.8) is 0 Å². The lowest BCUT2D eigenvalue weighted by atomic mass is 9.99. The minimum atomic E-state index is 0.508. The molecule has 1 aromatic carbocycles. The molecule has 1 fully saturated rings. The normalized spacial score (nSPS) is 15.0. The smallest absolute Gasteiger partial charge is 0.175 e. The summed E-state index contributed by atoms with van der Waals surface area (Å²) in [7, 11) is 0. The van der Waals surface area contributed by atoms with Crippen LogP contribution >= 0.6 is 0 Å². The first kappa shape index (κ1) is 11.3. The second-order valence-electron chi connectivity index (χ2n) is 5.31. The van der Waals surface area contributed by atoms with Crippen molar-refractivity contribution < 1.29 is 4.52 Å². The summed E-state index contributed by atoms with van der Waals surface area (Å²) in [6.07, 6.45) is 3.56. The van der Waals surface area contributed by atoms with Crippen molar-refractivity contribution in [2.75, 3.05) is 5.73 Å². The minimum absolute atomic E-state index is 0.508. The van der Waals surface area contributed by atoms with Gasteiger partial charge < -0.3 is 10.3 Å². The number of aryl methyl sites for hydroxylation is 2. The van der Waals surface area contributed by atoms with Crippen molar-refractivity contribution in [3.05, 3.63) is 35.1 Å². The fraction of sp³-hybridized carbons (Fsp3) is 0.400. The van der Waals surface area contributed by atoms with Gasteiger partial charge in [-0.2, -0.15) is 0 Å². The third-order valence-corrected chi connectivity index (χ3v) is 3.76. The predicted octanol–water partition coefficient (Wildman–Crippen LogP) is 3.49. The molecule has 18 heavy (non-hydrogen) atoms. The zero-order valence-electron chi connectivity index (χ0n) is 10.9. The van der Waals surface area contributed by atoms with Gasteiger partial charge in [-0.1, -0.05) is 23.4 Å². The Kier molecular flexibility index (Phi) is 2.62. The van der Waals surface area contributed by atoms with Gasteiger partial charge in [0.15, 0.2) is 5.82 Å². The number of hydrogen-bond acceptors (Lipinski definition) is 3. The topological polar surface area (TPSA) is 52.0 Å². The molecule has 0 aliphatic heterocycles. The number of nitrogens with zero attached hydrogens (tertiary/aromatic N) is 1. The Hall–Kier alpha value is -1.77. The number of nitrogen functional groups attached to an aromatic ring is 1. The lowest BCUT2D eigenvalue weighted by Crippen LogP contribution is -1.93. The molecule has 2 aromatic rings. The molecule has 3 rings (SSSR count). The number of hydrogen-bond donors (Lipinski definition) is 1. The van der Waals surface area contributed by atoms with Crippen LogP contribution in [0.25, 0.3) is 11.1 Å². The largest absolute Gasteiger partial charge is 0.380 e. The van der Waals surface area contributed by atoms with Gasteiger partial charge in [-0.25, -0.2) is 0 Å². The number of rotatable bonds is 3. The zero-order chi connectivity index (χ0) is 12.7. The molecule has 2 N–H and O–H groups in total. The van der Waals surface area contributed by atoms with Crippen molar-refractivity contribution in [1.82, 2.24) is 5.16 Å². The van der Waals surface area contributed by atoms with Gasteiger partial charge in [0.1, 0.15) is 5.76 Å². The van der Waals surface area contributed by atoms with E-state index in [0.717, 1.165) is 29.2 Å². The SMILES string of the molecule is Cc1ccc(-c2c(N)noc2CC2CC2)cc1C. The summed E-state index contributed by atoms with van der Waals surface area (Å²) in [5, 5.41) is 3.93. The van der Waals surface area contributed by atoms with Crippen LogP contribution in [0.5, 0.6) is 0 Å². The highest BCUT2D eigenvalue weighted by atomic mass is 16.5. The first-order valence-corrected chi connectivity index (χ1v) is 6.47. The molecule has 0 spiro atoms. The molecule has 0 unspecified atom stereocenters. The van der Waals surface area contributed by atoms with E-state index in [0.29, 0.717) is 5.82 Å². The van der Waals surface area contributed by atoms with E-state index in [4.69, 9.17) is 10.3 Å². The fourth-order valence-corrected chi connectivity index (χ4v) is 2.27. The Morgan fingerprint density at radius 1 is 1.28 bits per heavy atom. The van der Waals surface area contributed by atoms with Gasteiger partial charge in [-0.3, -0.25) is 0 Å². The molecule has 3 heteroatoms. The van der Waals surface area contributed by atoms with Crippen molar-refractivity contribution in [2.24, 2.45) is 5.92 Å². The van der Waals surface area contributed by atoms with Crippen LogP contribution in [-0.2, 0) is 6.42 Å². The Morgan fingerprint density at radius 2 is 2.06 bits per heavy atom. The van der Waals surface area contributed by atoms with Crippen molar-refractivity contribution in [1.29, 1.82) is 0 Å². The molecule has 1 aromatic heterocycles. The summed E-state index contributed by atoms with van der Waals surface area (Å²) in [5.74, 6) is 2.22. The molecule has 1 aliphatic carbocycles. The van der Waals surface area contributed by atoms with E-state index in [1.165, 1.54) is 24.0 Å². The number of aromatic nitrogens is 1. The van der Waals surface area contributed by atoms with E-state index in [2.05, 4.69) is 37.2 Å². The van der Waals surface area contributed by atoms with E-state index >= 15 is 0 Å². The second kappa shape index (κ2) is 4.16. The van der Waals surface area contributed by atoms with E-state index in [-0.39, 0.29) is 0 Å². The van der Waals surface area contributed by atoms with Gasteiger partial charge in [-0.05, 0) is 49.3 Å². The van der Waals surface area contributed by atoms with Gasteiger partial charge in [0.05, 0.1) is 5.56 Å². The van der Waals surface area contributed by atoms with Crippen molar-refractivity contribution >= 4 is 5.82 Å². The molecule has 1 saturated carbocycles. The second-order valence-corrected chi connectivity index (χ2v) is 5.31. The average molecular weight is 242 g/mol. The molecule has 0 radical (unpaired) electrons. The van der Waals surface area contributed by atoms with Crippen LogP contribution in [0.1, 0.15) is 29.7 Å². The van der Waals surface area contributed by atoms with Crippen LogP contribution in [0.3, 0.4) is 0 Å². The summed E-state index contributed by atoms with van der Waals surface area (Å²) in [6.45, 7) is 4.23. The third-order valence-electron chi connectivity index (χ3n) is 3.76. The predicted molar refractivity (Wildman–Crippen MR) is 72.3 cm³/mol. The van der Waals surface area contributed by atoms with Crippen LogP contribution in [-0.4, -0.2) is 5.16 Å². The first-order chi connectivity index (χ1) is 8.65. The molecule has 1 aliphatic rings. The molecule has 0 atom stereocenters. The zero-order valence-corrected chi connectivity index (χ0v) is 10.9. The van der Waals surface area contributed by atoms with Gasteiger partial charge in [0, 0.05) is 6.42 Å². The lowest BCUT2D eigenvalue weighted by Gasteiger charge is -2.05. The standard InChI is InChI=1S/C15H18N2O/c1-9-3-6-12(7-10(9)2)14-13(8-11-4-5-11)18-17-15(14)16/h3,6-7,11H,4-5,8H2,1-2H3,(H2,16,17). The molecule has 1 heterocycles. The van der Waals surface area contributed by atoms with E-state index in [1.54, 1.807) is 0 Å². The monoisotopic (exact) mass is 242 g/mol. The van der Waals surface area contributed by atoms with Gasteiger partial charge in [-0.15, -0.1) is 0 Å². The summed E-state index contributed by atoms with van der Waals surface area (Å²) >= 11 is 0. The quantitative estimate of drug-likeness (QED) is 0.896. The summed E-state index contributed by atoms with van der Waals surface area (Å²) in [4.78, 5) is 0. The first-order valence-electron chi connectivity index (χ1n) is 6.47. The Balaban J connectivity index is 2.03. The van der Waals surface area contributed by atoms with Crippen LogP contribution in [0.4, 0.5) is 5.82 Å². The highest BCUT2D eigenvalue weighted by Gasteiger charge is 2.26. The summed E-state index contributed by atoms with van der Waals surface area (Å²) in [5.41, 5.74) is 10.6. The minimum Gasteiger partial charge on any atom is -0.380 e. The third kappa shape index (κ3) is 2.01. The number of nitrogens with two attached hydrogens (primary N) is 1. The molecule has 0 saturated heterocycles. The molecular formula is C15H18N2O. The van der Waals surface area contributed by atoms with Gasteiger partial charge >= 0.3 is 0 Å². The van der Waals surface area contributed by atoms with Crippen LogP contribution in [0.2, 0.25) is 0 Å². The van der Waals surface area contributed by atoms with Crippen LogP contribution in [0, 0.1) is 19.8 Å². The molecular weight excluding hydrogens is 224 g/mol. The molecule has 0 bridgehead atoms. The maximum absolute atomic E-state index is 5.95.